The topological polar surface area (TPSA) is 87.2 Å². The first-order valence-corrected chi connectivity index (χ1v) is 9.15. The van der Waals surface area contributed by atoms with Crippen molar-refractivity contribution in [1.82, 2.24) is 15.1 Å². The fraction of sp³-hybridized carbons (Fsp3) is 0.333. The van der Waals surface area contributed by atoms with Crippen molar-refractivity contribution in [2.45, 2.75) is 11.8 Å². The minimum atomic E-state index is -3.73. The van der Waals surface area contributed by atoms with Gasteiger partial charge in [0.2, 0.25) is 0 Å². The summed E-state index contributed by atoms with van der Waals surface area (Å²) in [7, 11) is 0.220. The Morgan fingerprint density at radius 1 is 1.12 bits per heavy atom. The van der Waals surface area contributed by atoms with Crippen molar-refractivity contribution in [2.24, 2.45) is 0 Å². The van der Waals surface area contributed by atoms with Crippen LogP contribution in [0.2, 0.25) is 5.02 Å². The van der Waals surface area contributed by atoms with E-state index < -0.39 is 10.0 Å². The second-order valence-corrected chi connectivity index (χ2v) is 7.64. The number of sulfonamides is 1. The van der Waals surface area contributed by atoms with Crippen LogP contribution in [0.1, 0.15) is 5.56 Å². The molecule has 0 fully saturated rings. The summed E-state index contributed by atoms with van der Waals surface area (Å²) in [4.78, 5) is 2.16. The van der Waals surface area contributed by atoms with Crippen molar-refractivity contribution in [3.8, 4) is 0 Å². The van der Waals surface area contributed by atoms with Gasteiger partial charge < -0.3 is 10.2 Å². The van der Waals surface area contributed by atoms with E-state index in [-0.39, 0.29) is 10.7 Å². The van der Waals surface area contributed by atoms with Crippen LogP contribution in [0.4, 0.5) is 11.6 Å². The highest BCUT2D eigenvalue weighted by atomic mass is 35.5. The van der Waals surface area contributed by atoms with Gasteiger partial charge in [0.1, 0.15) is 5.82 Å². The molecule has 0 saturated heterocycles. The van der Waals surface area contributed by atoms with Crippen LogP contribution in [0, 0.1) is 6.92 Å². The van der Waals surface area contributed by atoms with Crippen LogP contribution in [0.5, 0.6) is 0 Å². The maximum Gasteiger partial charge on any atom is 0.263 e. The molecule has 2 N–H and O–H groups in total. The van der Waals surface area contributed by atoms with Gasteiger partial charge in [-0.1, -0.05) is 11.6 Å². The molecule has 2 aromatic rings. The maximum atomic E-state index is 12.4. The first-order valence-electron chi connectivity index (χ1n) is 7.29. The average molecular weight is 370 g/mol. The summed E-state index contributed by atoms with van der Waals surface area (Å²) in [6, 6.07) is 7.74. The second kappa shape index (κ2) is 7.78. The monoisotopic (exact) mass is 369 g/mol. The molecule has 9 heteroatoms. The lowest BCUT2D eigenvalue weighted by Gasteiger charge is -2.11. The van der Waals surface area contributed by atoms with Crippen LogP contribution in [0.25, 0.3) is 0 Å². The molecule has 0 saturated carbocycles. The minimum absolute atomic E-state index is 0.124. The lowest BCUT2D eigenvalue weighted by atomic mass is 10.2. The number of nitrogens with one attached hydrogen (secondary N) is 2. The molecule has 24 heavy (non-hydrogen) atoms. The molecule has 7 nitrogen and oxygen atoms in total. The number of likely N-dealkylation sites (N-methyl/N-ethyl adjacent to an activating group) is 1. The molecule has 130 valence electrons. The first-order chi connectivity index (χ1) is 11.3. The van der Waals surface area contributed by atoms with Crippen molar-refractivity contribution < 1.29 is 8.42 Å². The highest BCUT2D eigenvalue weighted by Gasteiger charge is 2.16. The van der Waals surface area contributed by atoms with Crippen LogP contribution in [-0.4, -0.2) is 50.7 Å². The molecule has 0 unspecified atom stereocenters. The van der Waals surface area contributed by atoms with E-state index in [0.717, 1.165) is 13.1 Å². The van der Waals surface area contributed by atoms with E-state index in [2.05, 4.69) is 20.2 Å². The lowest BCUT2D eigenvalue weighted by molar-refractivity contribution is 0.425. The van der Waals surface area contributed by atoms with Gasteiger partial charge in [-0.05, 0) is 56.9 Å². The van der Waals surface area contributed by atoms with Crippen molar-refractivity contribution in [2.75, 3.05) is 37.2 Å². The Bertz CT molecular complexity index is 794. The largest absolute Gasteiger partial charge is 0.367 e. The molecule has 0 radical (unpaired) electrons. The molecule has 2 rings (SSSR count). The molecular formula is C15H20ClN5O2S. The molecule has 0 bridgehead atoms. The van der Waals surface area contributed by atoms with Gasteiger partial charge in [0, 0.05) is 18.1 Å². The predicted octanol–water partition coefficient (Wildman–Crippen LogP) is 2.21. The molecular weight excluding hydrogens is 350 g/mol. The third-order valence-electron chi connectivity index (χ3n) is 3.21. The smallest absolute Gasteiger partial charge is 0.263 e. The lowest BCUT2D eigenvalue weighted by Crippen LogP contribution is -2.21. The molecule has 0 aliphatic rings. The molecule has 0 atom stereocenters. The number of halogens is 1. The third kappa shape index (κ3) is 5.05. The van der Waals surface area contributed by atoms with E-state index in [4.69, 9.17) is 11.6 Å². The van der Waals surface area contributed by atoms with Crippen molar-refractivity contribution in [3.05, 3.63) is 40.9 Å². The number of aryl methyl sites for hydroxylation is 1. The SMILES string of the molecule is Cc1cc(S(=O)(=O)Nc2ccc(NCCN(C)C)nn2)ccc1Cl. The fourth-order valence-corrected chi connectivity index (χ4v) is 3.07. The Morgan fingerprint density at radius 2 is 1.79 bits per heavy atom. The van der Waals surface area contributed by atoms with E-state index in [1.165, 1.54) is 12.1 Å². The summed E-state index contributed by atoms with van der Waals surface area (Å²) in [5, 5.41) is 11.5. The van der Waals surface area contributed by atoms with Gasteiger partial charge in [-0.3, -0.25) is 4.72 Å². The molecule has 1 aromatic carbocycles. The van der Waals surface area contributed by atoms with Gasteiger partial charge >= 0.3 is 0 Å². The zero-order chi connectivity index (χ0) is 17.7. The average Bonchev–Trinajstić information content (AvgIpc) is 2.51. The van der Waals surface area contributed by atoms with Gasteiger partial charge in [-0.25, -0.2) is 8.42 Å². The molecule has 0 spiro atoms. The number of hydrogen-bond acceptors (Lipinski definition) is 6. The van der Waals surface area contributed by atoms with Crippen molar-refractivity contribution >= 4 is 33.3 Å². The number of anilines is 2. The van der Waals surface area contributed by atoms with Gasteiger partial charge in [-0.15, -0.1) is 10.2 Å². The third-order valence-corrected chi connectivity index (χ3v) is 4.98. The van der Waals surface area contributed by atoms with Crippen LogP contribution in [0.15, 0.2) is 35.2 Å². The summed E-state index contributed by atoms with van der Waals surface area (Å²) in [5.41, 5.74) is 0.686. The quantitative estimate of drug-likeness (QED) is 0.778. The number of benzene rings is 1. The van der Waals surface area contributed by atoms with Gasteiger partial charge in [0.05, 0.1) is 4.90 Å². The zero-order valence-corrected chi connectivity index (χ0v) is 15.3. The number of hydrogen-bond donors (Lipinski definition) is 2. The summed E-state index contributed by atoms with van der Waals surface area (Å²) in [5.74, 6) is 0.739. The number of rotatable bonds is 7. The summed E-state index contributed by atoms with van der Waals surface area (Å²) >= 11 is 5.92. The summed E-state index contributed by atoms with van der Waals surface area (Å²) in [6.07, 6.45) is 0. The normalized spacial score (nSPS) is 11.5. The van der Waals surface area contributed by atoms with Crippen LogP contribution in [-0.2, 0) is 10.0 Å². The van der Waals surface area contributed by atoms with E-state index >= 15 is 0 Å². The minimum Gasteiger partial charge on any atom is -0.367 e. The Morgan fingerprint density at radius 3 is 2.38 bits per heavy atom. The van der Waals surface area contributed by atoms with Crippen LogP contribution >= 0.6 is 11.6 Å². The van der Waals surface area contributed by atoms with Crippen molar-refractivity contribution in [3.63, 3.8) is 0 Å². The predicted molar refractivity (Wildman–Crippen MR) is 96.1 cm³/mol. The maximum absolute atomic E-state index is 12.4. The van der Waals surface area contributed by atoms with Crippen molar-refractivity contribution in [1.29, 1.82) is 0 Å². The highest BCUT2D eigenvalue weighted by Crippen LogP contribution is 2.21. The Labute approximate surface area is 147 Å². The fourth-order valence-electron chi connectivity index (χ4n) is 1.87. The Kier molecular flexibility index (Phi) is 5.98. The van der Waals surface area contributed by atoms with Gasteiger partial charge in [0.15, 0.2) is 5.82 Å². The standard InChI is InChI=1S/C15H20ClN5O2S/c1-11-10-12(4-5-13(11)16)24(22,23)20-15-7-6-14(18-19-15)17-8-9-21(2)3/h4-7,10H,8-9H2,1-3H3,(H,17,18)(H,19,20). The molecule has 0 aliphatic heterocycles. The molecule has 1 aromatic heterocycles. The van der Waals surface area contributed by atoms with E-state index in [9.17, 15) is 8.42 Å². The van der Waals surface area contributed by atoms with E-state index in [1.807, 2.05) is 19.0 Å². The number of aromatic nitrogens is 2. The Balaban J connectivity index is 2.05. The molecule has 1 heterocycles. The van der Waals surface area contributed by atoms with E-state index in [0.29, 0.717) is 16.4 Å². The second-order valence-electron chi connectivity index (χ2n) is 5.55. The van der Waals surface area contributed by atoms with Crippen LogP contribution in [0.3, 0.4) is 0 Å². The Hall–Kier alpha value is -1.90. The molecule has 0 aliphatic carbocycles. The van der Waals surface area contributed by atoms with E-state index in [1.54, 1.807) is 25.1 Å². The first kappa shape index (κ1) is 18.4. The van der Waals surface area contributed by atoms with Crippen LogP contribution < -0.4 is 10.0 Å². The molecule has 0 amide bonds. The highest BCUT2D eigenvalue weighted by molar-refractivity contribution is 7.92. The summed E-state index contributed by atoms with van der Waals surface area (Å²) in [6.45, 7) is 3.32. The summed E-state index contributed by atoms with van der Waals surface area (Å²) < 4.78 is 27.1. The van der Waals surface area contributed by atoms with Gasteiger partial charge in [0.25, 0.3) is 10.0 Å². The van der Waals surface area contributed by atoms with Gasteiger partial charge in [-0.2, -0.15) is 0 Å². The number of nitrogens with zero attached hydrogens (tertiary/aromatic N) is 3. The zero-order valence-electron chi connectivity index (χ0n) is 13.7.